The number of rotatable bonds is 8. The van der Waals surface area contributed by atoms with Crippen LogP contribution in [0.4, 0.5) is 17.8 Å². The van der Waals surface area contributed by atoms with Gasteiger partial charge >= 0.3 is 0 Å². The number of nitrogens with zero attached hydrogens (tertiary/aromatic N) is 3. The zero-order chi connectivity index (χ0) is 20.2. The Morgan fingerprint density at radius 3 is 2.27 bits per heavy atom. The highest BCUT2D eigenvalue weighted by Crippen LogP contribution is 2.45. The monoisotopic (exact) mass is 406 g/mol. The van der Waals surface area contributed by atoms with Gasteiger partial charge in [0.1, 0.15) is 0 Å². The van der Waals surface area contributed by atoms with Crippen molar-refractivity contribution in [2.24, 2.45) is 17.8 Å². The Morgan fingerprint density at radius 2 is 1.53 bits per heavy atom. The molecule has 5 rings (SSSR count). The van der Waals surface area contributed by atoms with Crippen molar-refractivity contribution in [3.05, 3.63) is 35.9 Å². The topological polar surface area (TPSA) is 74.8 Å². The van der Waals surface area contributed by atoms with Crippen LogP contribution in [0.1, 0.15) is 63.4 Å². The molecule has 30 heavy (non-hydrogen) atoms. The predicted octanol–water partition coefficient (Wildman–Crippen LogP) is 5.08. The molecule has 160 valence electrons. The summed E-state index contributed by atoms with van der Waals surface area (Å²) in [5.74, 6) is 4.46. The lowest BCUT2D eigenvalue weighted by molar-refractivity contribution is 0.373. The zero-order valence-corrected chi connectivity index (χ0v) is 17.8. The van der Waals surface area contributed by atoms with Gasteiger partial charge in [0.15, 0.2) is 0 Å². The highest BCUT2D eigenvalue weighted by atomic mass is 15.3. The second-order valence-corrected chi connectivity index (χ2v) is 9.46. The summed E-state index contributed by atoms with van der Waals surface area (Å²) in [5, 5.41) is 10.6. The van der Waals surface area contributed by atoms with Crippen LogP contribution in [-0.2, 0) is 6.54 Å². The third-order valence-electron chi connectivity index (χ3n) is 7.26. The van der Waals surface area contributed by atoms with Crippen molar-refractivity contribution in [1.29, 1.82) is 0 Å². The number of nitrogens with one attached hydrogen (secondary N) is 3. The average molecular weight is 407 g/mol. The van der Waals surface area contributed by atoms with Crippen LogP contribution in [0.3, 0.4) is 0 Å². The molecule has 1 aromatic carbocycles. The van der Waals surface area contributed by atoms with Crippen LogP contribution in [-0.4, -0.2) is 27.5 Å². The first-order valence-electron chi connectivity index (χ1n) is 11.9. The molecule has 0 saturated heterocycles. The molecule has 0 amide bonds. The zero-order valence-electron chi connectivity index (χ0n) is 17.8. The largest absolute Gasteiger partial charge is 0.354 e. The van der Waals surface area contributed by atoms with E-state index in [-0.39, 0.29) is 0 Å². The molecule has 6 nitrogen and oxygen atoms in total. The molecule has 3 aliphatic rings. The molecule has 3 fully saturated rings. The molecular weight excluding hydrogens is 372 g/mol. The number of anilines is 3. The maximum absolute atomic E-state index is 4.74. The van der Waals surface area contributed by atoms with Crippen LogP contribution in [0.2, 0.25) is 0 Å². The first-order valence-corrected chi connectivity index (χ1v) is 11.9. The molecule has 1 aromatic heterocycles. The van der Waals surface area contributed by atoms with Crippen molar-refractivity contribution in [3.8, 4) is 0 Å². The first kappa shape index (κ1) is 19.6. The summed E-state index contributed by atoms with van der Waals surface area (Å²) in [7, 11) is 0. The fraction of sp³-hybridized carbons (Fsp3) is 0.625. The summed E-state index contributed by atoms with van der Waals surface area (Å²) in [6, 6.07) is 10.9. The van der Waals surface area contributed by atoms with Gasteiger partial charge in [0.2, 0.25) is 17.8 Å². The van der Waals surface area contributed by atoms with E-state index in [1.54, 1.807) is 0 Å². The van der Waals surface area contributed by atoms with Gasteiger partial charge in [0.25, 0.3) is 0 Å². The van der Waals surface area contributed by atoms with Crippen molar-refractivity contribution >= 4 is 17.8 Å². The number of aromatic nitrogens is 3. The van der Waals surface area contributed by atoms with Crippen LogP contribution < -0.4 is 16.0 Å². The van der Waals surface area contributed by atoms with Crippen LogP contribution in [0.5, 0.6) is 0 Å². The highest BCUT2D eigenvalue weighted by molar-refractivity contribution is 5.43. The minimum Gasteiger partial charge on any atom is -0.354 e. The van der Waals surface area contributed by atoms with E-state index in [2.05, 4.69) is 45.2 Å². The first-order chi connectivity index (χ1) is 14.8. The molecule has 0 spiro atoms. The number of benzene rings is 1. The summed E-state index contributed by atoms with van der Waals surface area (Å²) in [4.78, 5) is 14.1. The van der Waals surface area contributed by atoms with Gasteiger partial charge in [-0.1, -0.05) is 56.0 Å². The van der Waals surface area contributed by atoms with E-state index >= 15 is 0 Å². The Bertz CT molecular complexity index is 820. The average Bonchev–Trinajstić information content (AvgIpc) is 3.41. The van der Waals surface area contributed by atoms with E-state index in [0.29, 0.717) is 30.4 Å². The van der Waals surface area contributed by atoms with Crippen molar-refractivity contribution < 1.29 is 0 Å². The van der Waals surface area contributed by atoms with Gasteiger partial charge in [-0.05, 0) is 55.4 Å². The van der Waals surface area contributed by atoms with E-state index in [9.17, 15) is 0 Å². The molecule has 2 aromatic rings. The number of hydrogen-bond donors (Lipinski definition) is 3. The minimum absolute atomic E-state index is 0.513. The molecule has 3 aliphatic carbocycles. The van der Waals surface area contributed by atoms with E-state index < -0.39 is 0 Å². The normalized spacial score (nSPS) is 25.9. The molecule has 3 atom stereocenters. The van der Waals surface area contributed by atoms with E-state index in [4.69, 9.17) is 9.97 Å². The standard InChI is InChI=1S/C24H34N6/c1-3-7-17(8-4-1)15-25-22-28-23(26-16-18-9-5-2-6-10-18)30-24(29-22)27-21-14-19-11-12-20(21)13-19/h1,3-4,7-8,18-21H,2,5-6,9-16H2,(H3,25,26,27,28,29,30). The van der Waals surface area contributed by atoms with Crippen LogP contribution >= 0.6 is 0 Å². The SMILES string of the molecule is c1ccc(CNc2nc(NCC3CCCCC3)nc(NC3CC4CCC3C4)n2)cc1. The highest BCUT2D eigenvalue weighted by Gasteiger charge is 2.39. The number of fused-ring (bicyclic) bond motifs is 2. The Morgan fingerprint density at radius 1 is 0.767 bits per heavy atom. The van der Waals surface area contributed by atoms with Crippen LogP contribution in [0, 0.1) is 17.8 Å². The fourth-order valence-corrected chi connectivity index (χ4v) is 5.59. The third-order valence-corrected chi connectivity index (χ3v) is 7.26. The lowest BCUT2D eigenvalue weighted by atomic mass is 9.89. The predicted molar refractivity (Wildman–Crippen MR) is 122 cm³/mol. The van der Waals surface area contributed by atoms with E-state index in [1.807, 2.05) is 6.07 Å². The molecule has 6 heteroatoms. The lowest BCUT2D eigenvalue weighted by Crippen LogP contribution is -2.27. The molecule has 0 aliphatic heterocycles. The third kappa shape index (κ3) is 4.85. The van der Waals surface area contributed by atoms with Crippen LogP contribution in [0.25, 0.3) is 0 Å². The molecular formula is C24H34N6. The Balaban J connectivity index is 1.28. The van der Waals surface area contributed by atoms with Crippen molar-refractivity contribution in [1.82, 2.24) is 15.0 Å². The van der Waals surface area contributed by atoms with Gasteiger partial charge in [-0.15, -0.1) is 0 Å². The molecule has 0 radical (unpaired) electrons. The molecule has 1 heterocycles. The summed E-state index contributed by atoms with van der Waals surface area (Å²) in [6.45, 7) is 1.66. The lowest BCUT2D eigenvalue weighted by Gasteiger charge is -2.24. The van der Waals surface area contributed by atoms with Gasteiger partial charge in [-0.2, -0.15) is 15.0 Å². The maximum atomic E-state index is 4.74. The van der Waals surface area contributed by atoms with Gasteiger partial charge in [0.05, 0.1) is 0 Å². The summed E-state index contributed by atoms with van der Waals surface area (Å²) in [6.07, 6.45) is 12.1. The molecule has 3 saturated carbocycles. The van der Waals surface area contributed by atoms with E-state index in [0.717, 1.165) is 24.3 Å². The molecule has 3 N–H and O–H groups in total. The summed E-state index contributed by atoms with van der Waals surface area (Å²) >= 11 is 0. The van der Waals surface area contributed by atoms with Crippen molar-refractivity contribution in [2.75, 3.05) is 22.5 Å². The fourth-order valence-electron chi connectivity index (χ4n) is 5.59. The Hall–Kier alpha value is -2.37. The van der Waals surface area contributed by atoms with Crippen molar-refractivity contribution in [2.45, 2.75) is 70.4 Å². The van der Waals surface area contributed by atoms with Crippen LogP contribution in [0.15, 0.2) is 30.3 Å². The summed E-state index contributed by atoms with van der Waals surface area (Å²) < 4.78 is 0. The minimum atomic E-state index is 0.513. The smallest absolute Gasteiger partial charge is 0.229 e. The van der Waals surface area contributed by atoms with E-state index in [1.165, 1.54) is 63.4 Å². The quantitative estimate of drug-likeness (QED) is 0.568. The van der Waals surface area contributed by atoms with Gasteiger partial charge < -0.3 is 16.0 Å². The number of hydrogen-bond acceptors (Lipinski definition) is 6. The molecule has 3 unspecified atom stereocenters. The van der Waals surface area contributed by atoms with Gasteiger partial charge in [-0.3, -0.25) is 0 Å². The Labute approximate surface area is 179 Å². The second-order valence-electron chi connectivity index (χ2n) is 9.46. The van der Waals surface area contributed by atoms with Crippen molar-refractivity contribution in [3.63, 3.8) is 0 Å². The van der Waals surface area contributed by atoms with Gasteiger partial charge in [0, 0.05) is 19.1 Å². The molecule has 2 bridgehead atoms. The maximum Gasteiger partial charge on any atom is 0.229 e. The summed E-state index contributed by atoms with van der Waals surface area (Å²) in [5.41, 5.74) is 1.22. The Kier molecular flexibility index (Phi) is 6.00. The van der Waals surface area contributed by atoms with Gasteiger partial charge in [-0.25, -0.2) is 0 Å². The second kappa shape index (κ2) is 9.19.